The van der Waals surface area contributed by atoms with Crippen LogP contribution in [0.25, 0.3) is 0 Å². The third-order valence-corrected chi connectivity index (χ3v) is 1.27. The van der Waals surface area contributed by atoms with Crippen LogP contribution in [-0.4, -0.2) is 11.5 Å². The van der Waals surface area contributed by atoms with Crippen molar-refractivity contribution in [2.45, 2.75) is 13.5 Å². The molecule has 0 aliphatic carbocycles. The molecule has 0 atom stereocenters. The molecule has 0 aromatic carbocycles. The van der Waals surface area contributed by atoms with Crippen LogP contribution in [0.3, 0.4) is 0 Å². The maximum absolute atomic E-state index is 3.80. The molecule has 0 unspecified atom stereocenters. The minimum Gasteiger partial charge on any atom is -0.313 e. The second-order valence-corrected chi connectivity index (χ2v) is 2.07. The Morgan fingerprint density at radius 1 is 1.70 bits per heavy atom. The molecule has 1 N–H and O–H groups in total. The van der Waals surface area contributed by atoms with Crippen LogP contribution in [0.15, 0.2) is 18.3 Å². The zero-order valence-corrected chi connectivity index (χ0v) is 6.09. The molecule has 0 fully saturated rings. The van der Waals surface area contributed by atoms with Gasteiger partial charge >= 0.3 is 0 Å². The van der Waals surface area contributed by atoms with Crippen molar-refractivity contribution in [2.75, 3.05) is 6.54 Å². The van der Waals surface area contributed by atoms with Gasteiger partial charge in [0.05, 0.1) is 6.20 Å². The summed E-state index contributed by atoms with van der Waals surface area (Å²) in [4.78, 5) is 3.80. The average molecular weight is 135 g/mol. The van der Waals surface area contributed by atoms with Gasteiger partial charge in [0.1, 0.15) is 0 Å². The molecular weight excluding hydrogens is 124 g/mol. The van der Waals surface area contributed by atoms with Crippen molar-refractivity contribution < 1.29 is 0 Å². The molecule has 0 aliphatic rings. The summed E-state index contributed by atoms with van der Waals surface area (Å²) in [6, 6.07) is 3.88. The number of hydrogen-bond donors (Lipinski definition) is 1. The van der Waals surface area contributed by atoms with E-state index in [4.69, 9.17) is 0 Å². The fourth-order valence-electron chi connectivity index (χ4n) is 0.724. The van der Waals surface area contributed by atoms with Crippen molar-refractivity contribution in [1.29, 1.82) is 0 Å². The Morgan fingerprint density at radius 3 is 3.20 bits per heavy atom. The minimum atomic E-state index is 0.912. The van der Waals surface area contributed by atoms with Gasteiger partial charge in [-0.1, -0.05) is 6.92 Å². The van der Waals surface area contributed by atoms with Crippen LogP contribution >= 0.6 is 0 Å². The number of hydrogen-bond acceptors (Lipinski definition) is 2. The Kier molecular flexibility index (Phi) is 2.90. The molecule has 0 amide bonds. The van der Waals surface area contributed by atoms with E-state index in [0.29, 0.717) is 0 Å². The van der Waals surface area contributed by atoms with Crippen LogP contribution in [0, 0.1) is 6.20 Å². The van der Waals surface area contributed by atoms with Crippen molar-refractivity contribution in [1.82, 2.24) is 10.3 Å². The first-order valence-electron chi connectivity index (χ1n) is 3.45. The Morgan fingerprint density at radius 2 is 2.60 bits per heavy atom. The smallest absolute Gasteiger partial charge is 0.0889 e. The Labute approximate surface area is 61.3 Å². The number of nitrogens with zero attached hydrogens (tertiary/aromatic N) is 1. The SMILES string of the molecule is CCNCc1c[c]ncc1. The number of aromatic nitrogens is 1. The molecule has 1 rings (SSSR count). The summed E-state index contributed by atoms with van der Waals surface area (Å²) >= 11 is 0. The highest BCUT2D eigenvalue weighted by molar-refractivity contribution is 5.08. The molecule has 2 nitrogen and oxygen atoms in total. The lowest BCUT2D eigenvalue weighted by Crippen LogP contribution is -2.11. The van der Waals surface area contributed by atoms with Crippen LogP contribution in [0.2, 0.25) is 0 Å². The highest BCUT2D eigenvalue weighted by atomic mass is 14.8. The Hall–Kier alpha value is -0.890. The monoisotopic (exact) mass is 135 g/mol. The van der Waals surface area contributed by atoms with Crippen LogP contribution in [-0.2, 0) is 6.54 Å². The van der Waals surface area contributed by atoms with E-state index in [0.717, 1.165) is 13.1 Å². The Bertz CT molecular complexity index is 172. The minimum absolute atomic E-state index is 0.912. The van der Waals surface area contributed by atoms with Gasteiger partial charge in [0.15, 0.2) is 0 Å². The molecule has 0 aliphatic heterocycles. The third kappa shape index (κ3) is 2.15. The lowest BCUT2D eigenvalue weighted by atomic mass is 10.3. The van der Waals surface area contributed by atoms with Gasteiger partial charge in [0, 0.05) is 12.7 Å². The largest absolute Gasteiger partial charge is 0.313 e. The van der Waals surface area contributed by atoms with Crippen molar-refractivity contribution >= 4 is 0 Å². The number of nitrogens with one attached hydrogen (secondary N) is 1. The summed E-state index contributed by atoms with van der Waals surface area (Å²) in [5, 5.41) is 3.22. The molecule has 1 heterocycles. The highest BCUT2D eigenvalue weighted by Crippen LogP contribution is 1.92. The van der Waals surface area contributed by atoms with Crippen molar-refractivity contribution in [3.8, 4) is 0 Å². The van der Waals surface area contributed by atoms with Gasteiger partial charge in [0.2, 0.25) is 0 Å². The van der Waals surface area contributed by atoms with E-state index in [9.17, 15) is 0 Å². The van der Waals surface area contributed by atoms with Crippen molar-refractivity contribution in [2.24, 2.45) is 0 Å². The summed E-state index contributed by atoms with van der Waals surface area (Å²) in [6.45, 7) is 4.00. The van der Waals surface area contributed by atoms with Gasteiger partial charge in [-0.2, -0.15) is 0 Å². The molecule has 2 heteroatoms. The zero-order valence-electron chi connectivity index (χ0n) is 6.09. The van der Waals surface area contributed by atoms with Crippen molar-refractivity contribution in [3.63, 3.8) is 0 Å². The van der Waals surface area contributed by atoms with Gasteiger partial charge in [-0.25, -0.2) is 0 Å². The third-order valence-electron chi connectivity index (χ3n) is 1.27. The van der Waals surface area contributed by atoms with E-state index in [-0.39, 0.29) is 0 Å². The standard InChI is InChI=1S/C8H11N2/c1-2-9-7-8-3-5-10-6-4-8/h3-5,9H,2,7H2,1H3. The quantitative estimate of drug-likeness (QED) is 0.668. The van der Waals surface area contributed by atoms with E-state index >= 15 is 0 Å². The topological polar surface area (TPSA) is 24.9 Å². The maximum atomic E-state index is 3.80. The molecule has 0 saturated heterocycles. The van der Waals surface area contributed by atoms with Gasteiger partial charge < -0.3 is 5.32 Å². The summed E-state index contributed by atoms with van der Waals surface area (Å²) in [6.07, 6.45) is 4.54. The molecule has 1 radical (unpaired) electrons. The van der Waals surface area contributed by atoms with E-state index in [1.54, 1.807) is 6.20 Å². The molecule has 0 bridgehead atoms. The summed E-state index contributed by atoms with van der Waals surface area (Å²) in [7, 11) is 0. The van der Waals surface area contributed by atoms with Crippen LogP contribution < -0.4 is 5.32 Å². The summed E-state index contributed by atoms with van der Waals surface area (Å²) in [5.41, 5.74) is 1.23. The van der Waals surface area contributed by atoms with Crippen molar-refractivity contribution in [3.05, 3.63) is 30.1 Å². The lowest BCUT2D eigenvalue weighted by Gasteiger charge is -1.98. The van der Waals surface area contributed by atoms with Gasteiger partial charge in [0.25, 0.3) is 0 Å². The Balaban J connectivity index is 2.43. The van der Waals surface area contributed by atoms with E-state index in [2.05, 4.69) is 23.4 Å². The van der Waals surface area contributed by atoms with E-state index in [1.165, 1.54) is 5.56 Å². The highest BCUT2D eigenvalue weighted by Gasteiger charge is 1.86. The normalized spacial score (nSPS) is 9.70. The first-order valence-corrected chi connectivity index (χ1v) is 3.45. The van der Waals surface area contributed by atoms with E-state index < -0.39 is 0 Å². The van der Waals surface area contributed by atoms with Crippen LogP contribution in [0.4, 0.5) is 0 Å². The fourth-order valence-corrected chi connectivity index (χ4v) is 0.724. The van der Waals surface area contributed by atoms with Crippen LogP contribution in [0.5, 0.6) is 0 Å². The maximum Gasteiger partial charge on any atom is 0.0889 e. The molecule has 10 heavy (non-hydrogen) atoms. The predicted octanol–water partition coefficient (Wildman–Crippen LogP) is 0.991. The van der Waals surface area contributed by atoms with Gasteiger partial charge in [-0.15, -0.1) is 0 Å². The molecule has 1 aromatic heterocycles. The predicted molar refractivity (Wildman–Crippen MR) is 40.5 cm³/mol. The van der Waals surface area contributed by atoms with E-state index in [1.807, 2.05) is 12.1 Å². The van der Waals surface area contributed by atoms with Crippen LogP contribution in [0.1, 0.15) is 12.5 Å². The summed E-state index contributed by atoms with van der Waals surface area (Å²) in [5.74, 6) is 0. The number of rotatable bonds is 3. The van der Waals surface area contributed by atoms with Gasteiger partial charge in [-0.3, -0.25) is 4.98 Å². The average Bonchev–Trinajstić information content (AvgIpc) is 2.03. The first kappa shape index (κ1) is 7.22. The molecule has 1 aromatic rings. The molecule has 53 valence electrons. The first-order chi connectivity index (χ1) is 4.93. The molecule has 0 saturated carbocycles. The summed E-state index contributed by atoms with van der Waals surface area (Å²) < 4.78 is 0. The second-order valence-electron chi connectivity index (χ2n) is 2.07. The number of pyridine rings is 1. The molecular formula is C8H11N2. The lowest BCUT2D eigenvalue weighted by molar-refractivity contribution is 0.726. The molecule has 0 spiro atoms. The fraction of sp³-hybridized carbons (Fsp3) is 0.375. The second kappa shape index (κ2) is 4.01. The van der Waals surface area contributed by atoms with Gasteiger partial charge in [-0.05, 0) is 24.2 Å². The zero-order chi connectivity index (χ0) is 7.23.